The molecule has 0 heterocycles. The maximum Gasteiger partial charge on any atom is 0.0291 e. The molecule has 0 bridgehead atoms. The maximum absolute atomic E-state index is 3.64. The van der Waals surface area contributed by atoms with Gasteiger partial charge in [0.05, 0.1) is 0 Å². The van der Waals surface area contributed by atoms with Gasteiger partial charge in [0, 0.05) is 6.04 Å². The number of rotatable bonds is 7. The first-order chi connectivity index (χ1) is 10.2. The van der Waals surface area contributed by atoms with E-state index < -0.39 is 0 Å². The molecule has 2 atom stereocenters. The van der Waals surface area contributed by atoms with E-state index in [4.69, 9.17) is 0 Å². The van der Waals surface area contributed by atoms with Crippen LogP contribution in [0.15, 0.2) is 54.6 Å². The average Bonchev–Trinajstić information content (AvgIpc) is 2.55. The summed E-state index contributed by atoms with van der Waals surface area (Å²) in [5.41, 5.74) is 4.21. The van der Waals surface area contributed by atoms with Gasteiger partial charge in [0.15, 0.2) is 0 Å². The third-order valence-electron chi connectivity index (χ3n) is 4.28. The zero-order valence-corrected chi connectivity index (χ0v) is 13.5. The van der Waals surface area contributed by atoms with Crippen LogP contribution in [-0.2, 0) is 6.42 Å². The number of aryl methyl sites for hydroxylation is 1. The summed E-state index contributed by atoms with van der Waals surface area (Å²) < 4.78 is 0. The normalized spacial score (nSPS) is 13.9. The molecule has 0 saturated heterocycles. The van der Waals surface area contributed by atoms with Gasteiger partial charge in [-0.15, -0.1) is 0 Å². The highest BCUT2D eigenvalue weighted by Crippen LogP contribution is 2.19. The Balaban J connectivity index is 1.79. The van der Waals surface area contributed by atoms with Gasteiger partial charge in [-0.1, -0.05) is 68.4 Å². The van der Waals surface area contributed by atoms with E-state index in [1.54, 1.807) is 0 Å². The van der Waals surface area contributed by atoms with Crippen LogP contribution in [0.5, 0.6) is 0 Å². The second-order valence-corrected chi connectivity index (χ2v) is 5.87. The van der Waals surface area contributed by atoms with Crippen LogP contribution in [0.4, 0.5) is 0 Å². The molecule has 21 heavy (non-hydrogen) atoms. The summed E-state index contributed by atoms with van der Waals surface area (Å²) in [7, 11) is 0. The summed E-state index contributed by atoms with van der Waals surface area (Å²) in [6.07, 6.45) is 2.28. The van der Waals surface area contributed by atoms with Crippen molar-refractivity contribution in [2.75, 3.05) is 6.54 Å². The number of hydrogen-bond acceptors (Lipinski definition) is 1. The zero-order chi connectivity index (χ0) is 15.1. The first kappa shape index (κ1) is 15.8. The molecule has 0 fully saturated rings. The van der Waals surface area contributed by atoms with Gasteiger partial charge in [0.25, 0.3) is 0 Å². The molecule has 2 unspecified atom stereocenters. The third kappa shape index (κ3) is 4.71. The second-order valence-electron chi connectivity index (χ2n) is 5.87. The van der Waals surface area contributed by atoms with Gasteiger partial charge in [-0.25, -0.2) is 0 Å². The molecule has 112 valence electrons. The van der Waals surface area contributed by atoms with Crippen LogP contribution in [0, 0.1) is 0 Å². The minimum Gasteiger partial charge on any atom is -0.310 e. The summed E-state index contributed by atoms with van der Waals surface area (Å²) >= 11 is 0. The van der Waals surface area contributed by atoms with Crippen LogP contribution < -0.4 is 5.32 Å². The highest BCUT2D eigenvalue weighted by Gasteiger charge is 2.07. The standard InChI is InChI=1S/C20H27N/c1-4-18-10-12-20(13-11-18)17(3)21-15-14-16(2)19-8-6-5-7-9-19/h5-13,16-17,21H,4,14-15H2,1-3H3. The van der Waals surface area contributed by atoms with Crippen LogP contribution in [0.25, 0.3) is 0 Å². The minimum atomic E-state index is 0.416. The van der Waals surface area contributed by atoms with Crippen LogP contribution >= 0.6 is 0 Å². The summed E-state index contributed by atoms with van der Waals surface area (Å²) in [5.74, 6) is 0.605. The van der Waals surface area contributed by atoms with Crippen LogP contribution in [0.2, 0.25) is 0 Å². The van der Waals surface area contributed by atoms with Crippen molar-refractivity contribution in [2.45, 2.75) is 45.6 Å². The Bertz CT molecular complexity index is 515. The van der Waals surface area contributed by atoms with Gasteiger partial charge < -0.3 is 5.32 Å². The lowest BCUT2D eigenvalue weighted by molar-refractivity contribution is 0.531. The molecule has 0 radical (unpaired) electrons. The Kier molecular flexibility index (Phi) is 6.01. The van der Waals surface area contributed by atoms with E-state index in [0.717, 1.165) is 13.0 Å². The first-order valence-electron chi connectivity index (χ1n) is 8.08. The smallest absolute Gasteiger partial charge is 0.0291 e. The Morgan fingerprint density at radius 3 is 2.14 bits per heavy atom. The molecule has 1 N–H and O–H groups in total. The van der Waals surface area contributed by atoms with E-state index in [1.165, 1.54) is 23.1 Å². The minimum absolute atomic E-state index is 0.416. The summed E-state index contributed by atoms with van der Waals surface area (Å²) in [6.45, 7) is 7.79. The van der Waals surface area contributed by atoms with Crippen molar-refractivity contribution < 1.29 is 0 Å². The lowest BCUT2D eigenvalue weighted by atomic mass is 9.97. The Labute approximate surface area is 129 Å². The van der Waals surface area contributed by atoms with E-state index in [2.05, 4.69) is 80.7 Å². The predicted molar refractivity (Wildman–Crippen MR) is 91.7 cm³/mol. The van der Waals surface area contributed by atoms with Crippen LogP contribution in [0.1, 0.15) is 55.8 Å². The highest BCUT2D eigenvalue weighted by molar-refractivity contribution is 5.24. The number of hydrogen-bond donors (Lipinski definition) is 1. The number of nitrogens with one attached hydrogen (secondary N) is 1. The van der Waals surface area contributed by atoms with Crippen molar-refractivity contribution in [2.24, 2.45) is 0 Å². The predicted octanol–water partition coefficient (Wildman–Crippen LogP) is 5.09. The maximum atomic E-state index is 3.64. The molecule has 0 aromatic heterocycles. The molecule has 1 heteroatoms. The fourth-order valence-corrected chi connectivity index (χ4v) is 2.62. The largest absolute Gasteiger partial charge is 0.310 e. The van der Waals surface area contributed by atoms with E-state index >= 15 is 0 Å². The Hall–Kier alpha value is -1.60. The Morgan fingerprint density at radius 2 is 1.52 bits per heavy atom. The molecule has 0 spiro atoms. The summed E-state index contributed by atoms with van der Waals surface area (Å²) in [6, 6.07) is 20.1. The van der Waals surface area contributed by atoms with Crippen molar-refractivity contribution >= 4 is 0 Å². The lowest BCUT2D eigenvalue weighted by Crippen LogP contribution is -2.21. The highest BCUT2D eigenvalue weighted by atomic mass is 14.9. The summed E-state index contributed by atoms with van der Waals surface area (Å²) in [4.78, 5) is 0. The molecule has 2 aromatic carbocycles. The van der Waals surface area contributed by atoms with E-state index in [9.17, 15) is 0 Å². The zero-order valence-electron chi connectivity index (χ0n) is 13.5. The Morgan fingerprint density at radius 1 is 0.857 bits per heavy atom. The third-order valence-corrected chi connectivity index (χ3v) is 4.28. The molecule has 0 amide bonds. The van der Waals surface area contributed by atoms with Gasteiger partial charge in [0.2, 0.25) is 0 Å². The second kappa shape index (κ2) is 7.99. The van der Waals surface area contributed by atoms with Gasteiger partial charge in [-0.3, -0.25) is 0 Å². The summed E-state index contributed by atoms with van der Waals surface area (Å²) in [5, 5.41) is 3.64. The van der Waals surface area contributed by atoms with Crippen molar-refractivity contribution in [1.29, 1.82) is 0 Å². The molecule has 2 aromatic rings. The quantitative estimate of drug-likeness (QED) is 0.745. The number of benzene rings is 2. The van der Waals surface area contributed by atoms with Crippen molar-refractivity contribution in [3.8, 4) is 0 Å². The average molecular weight is 281 g/mol. The monoisotopic (exact) mass is 281 g/mol. The van der Waals surface area contributed by atoms with Crippen LogP contribution in [-0.4, -0.2) is 6.54 Å². The topological polar surface area (TPSA) is 12.0 Å². The fraction of sp³-hybridized carbons (Fsp3) is 0.400. The van der Waals surface area contributed by atoms with Crippen molar-refractivity contribution in [1.82, 2.24) is 5.32 Å². The molecule has 0 aliphatic rings. The van der Waals surface area contributed by atoms with Crippen molar-refractivity contribution in [3.05, 3.63) is 71.3 Å². The molecule has 2 rings (SSSR count). The van der Waals surface area contributed by atoms with E-state index in [1.807, 2.05) is 0 Å². The molecule has 0 aliphatic carbocycles. The lowest BCUT2D eigenvalue weighted by Gasteiger charge is -2.17. The van der Waals surface area contributed by atoms with Gasteiger partial charge in [-0.05, 0) is 48.9 Å². The molecular formula is C20H27N. The molecule has 1 nitrogen and oxygen atoms in total. The first-order valence-corrected chi connectivity index (χ1v) is 8.08. The fourth-order valence-electron chi connectivity index (χ4n) is 2.62. The molecule has 0 aliphatic heterocycles. The van der Waals surface area contributed by atoms with E-state index in [0.29, 0.717) is 12.0 Å². The van der Waals surface area contributed by atoms with E-state index in [-0.39, 0.29) is 0 Å². The SMILES string of the molecule is CCc1ccc(C(C)NCCC(C)c2ccccc2)cc1. The van der Waals surface area contributed by atoms with Crippen molar-refractivity contribution in [3.63, 3.8) is 0 Å². The molecule has 0 saturated carbocycles. The van der Waals surface area contributed by atoms with Gasteiger partial charge >= 0.3 is 0 Å². The van der Waals surface area contributed by atoms with Crippen LogP contribution in [0.3, 0.4) is 0 Å². The molecular weight excluding hydrogens is 254 g/mol. The van der Waals surface area contributed by atoms with Gasteiger partial charge in [-0.2, -0.15) is 0 Å². The van der Waals surface area contributed by atoms with Gasteiger partial charge in [0.1, 0.15) is 0 Å².